The molecule has 1 unspecified atom stereocenters. The maximum atomic E-state index is 12.1. The van der Waals surface area contributed by atoms with Crippen LogP contribution in [0.3, 0.4) is 0 Å². The van der Waals surface area contributed by atoms with Crippen LogP contribution in [0.5, 0.6) is 0 Å². The summed E-state index contributed by atoms with van der Waals surface area (Å²) in [5.74, 6) is -0.359. The van der Waals surface area contributed by atoms with E-state index in [2.05, 4.69) is 27.9 Å². The third kappa shape index (κ3) is 4.67. The number of aryl methyl sites for hydroxylation is 1. The highest BCUT2D eigenvalue weighted by atomic mass is 127. The van der Waals surface area contributed by atoms with Crippen molar-refractivity contribution >= 4 is 40.1 Å². The van der Waals surface area contributed by atoms with Gasteiger partial charge in [0, 0.05) is 9.26 Å². The number of hydrogen-bond donors (Lipinski definition) is 3. The zero-order valence-corrected chi connectivity index (χ0v) is 14.3. The second-order valence-electron chi connectivity index (χ2n) is 5.63. The summed E-state index contributed by atoms with van der Waals surface area (Å²) in [6.45, 7) is 3.95. The van der Waals surface area contributed by atoms with Crippen LogP contribution >= 0.6 is 22.6 Å². The Labute approximate surface area is 138 Å². The fourth-order valence-electron chi connectivity index (χ4n) is 2.74. The van der Waals surface area contributed by atoms with Crippen molar-refractivity contribution in [2.24, 2.45) is 11.7 Å². The van der Waals surface area contributed by atoms with Crippen molar-refractivity contribution in [1.29, 1.82) is 0 Å². The molecular formula is C15H21IN3O2+. The average Bonchev–Trinajstić information content (AvgIpc) is 2.42. The zero-order chi connectivity index (χ0) is 15.4. The molecular weight excluding hydrogens is 381 g/mol. The third-order valence-corrected chi connectivity index (χ3v) is 4.56. The minimum absolute atomic E-state index is 0.0144. The fourth-order valence-corrected chi connectivity index (χ4v) is 3.39. The fraction of sp³-hybridized carbons (Fsp3) is 0.467. The van der Waals surface area contributed by atoms with Crippen molar-refractivity contribution < 1.29 is 14.5 Å². The first-order valence-electron chi connectivity index (χ1n) is 7.14. The van der Waals surface area contributed by atoms with Crippen LogP contribution in [0.15, 0.2) is 18.2 Å². The lowest BCUT2D eigenvalue weighted by atomic mass is 9.97. The van der Waals surface area contributed by atoms with Crippen molar-refractivity contribution in [2.45, 2.75) is 19.8 Å². The predicted octanol–water partition coefficient (Wildman–Crippen LogP) is 0.318. The summed E-state index contributed by atoms with van der Waals surface area (Å²) in [4.78, 5) is 24.5. The van der Waals surface area contributed by atoms with Crippen LogP contribution in [-0.4, -0.2) is 31.4 Å². The number of benzene rings is 1. The molecule has 5 nitrogen and oxygen atoms in total. The SMILES string of the molecule is Cc1cc(I)ccc1NC(=O)C[NH+]1CCC[C@@H](C(N)=O)C1. The van der Waals surface area contributed by atoms with Gasteiger partial charge in [-0.2, -0.15) is 0 Å². The summed E-state index contributed by atoms with van der Waals surface area (Å²) in [7, 11) is 0. The van der Waals surface area contributed by atoms with Crippen LogP contribution in [0, 0.1) is 16.4 Å². The largest absolute Gasteiger partial charge is 0.369 e. The summed E-state index contributed by atoms with van der Waals surface area (Å²) >= 11 is 2.25. The molecule has 6 heteroatoms. The number of nitrogens with one attached hydrogen (secondary N) is 2. The number of amides is 2. The van der Waals surface area contributed by atoms with Crippen LogP contribution in [0.4, 0.5) is 5.69 Å². The Morgan fingerprint density at radius 1 is 1.48 bits per heavy atom. The van der Waals surface area contributed by atoms with E-state index in [0.717, 1.165) is 39.1 Å². The Morgan fingerprint density at radius 3 is 2.90 bits per heavy atom. The minimum Gasteiger partial charge on any atom is -0.369 e. The summed E-state index contributed by atoms with van der Waals surface area (Å²) in [5.41, 5.74) is 7.27. The van der Waals surface area contributed by atoms with E-state index < -0.39 is 0 Å². The van der Waals surface area contributed by atoms with Gasteiger partial charge >= 0.3 is 0 Å². The van der Waals surface area contributed by atoms with Gasteiger partial charge in [0.15, 0.2) is 6.54 Å². The molecule has 1 fully saturated rings. The van der Waals surface area contributed by atoms with Gasteiger partial charge in [-0.3, -0.25) is 9.59 Å². The van der Waals surface area contributed by atoms with Crippen LogP contribution in [0.1, 0.15) is 18.4 Å². The molecule has 0 bridgehead atoms. The summed E-state index contributed by atoms with van der Waals surface area (Å²) in [6, 6.07) is 5.93. The molecule has 4 N–H and O–H groups in total. The highest BCUT2D eigenvalue weighted by Crippen LogP contribution is 2.17. The van der Waals surface area contributed by atoms with E-state index in [0.29, 0.717) is 13.1 Å². The Balaban J connectivity index is 1.91. The lowest BCUT2D eigenvalue weighted by Gasteiger charge is -2.27. The van der Waals surface area contributed by atoms with Crippen molar-refractivity contribution in [3.63, 3.8) is 0 Å². The number of primary amides is 1. The van der Waals surface area contributed by atoms with Gasteiger partial charge in [0.25, 0.3) is 5.91 Å². The molecule has 2 rings (SSSR count). The Bertz CT molecular complexity index is 548. The van der Waals surface area contributed by atoms with Gasteiger partial charge in [0.05, 0.1) is 19.0 Å². The standard InChI is InChI=1S/C15H20IN3O2/c1-10-7-12(16)4-5-13(10)18-14(20)9-19-6-2-3-11(8-19)15(17)21/h4-5,7,11H,2-3,6,8-9H2,1H3,(H2,17,21)(H,18,20)/p+1/t11-/m1/s1. The van der Waals surface area contributed by atoms with E-state index in [1.807, 2.05) is 25.1 Å². The number of carbonyl (C=O) groups is 2. The molecule has 114 valence electrons. The number of anilines is 1. The van der Waals surface area contributed by atoms with E-state index in [1.54, 1.807) is 0 Å². The van der Waals surface area contributed by atoms with Crippen molar-refractivity contribution in [3.05, 3.63) is 27.3 Å². The molecule has 1 aliphatic rings. The molecule has 0 saturated carbocycles. The lowest BCUT2D eigenvalue weighted by Crippen LogP contribution is -3.14. The maximum Gasteiger partial charge on any atom is 0.279 e. The van der Waals surface area contributed by atoms with Gasteiger partial charge in [0.1, 0.15) is 0 Å². The summed E-state index contributed by atoms with van der Waals surface area (Å²) in [6.07, 6.45) is 1.79. The summed E-state index contributed by atoms with van der Waals surface area (Å²) in [5, 5.41) is 2.95. The minimum atomic E-state index is -0.249. The van der Waals surface area contributed by atoms with E-state index in [1.165, 1.54) is 0 Å². The zero-order valence-electron chi connectivity index (χ0n) is 12.1. The van der Waals surface area contributed by atoms with Gasteiger partial charge in [-0.1, -0.05) is 0 Å². The molecule has 1 aliphatic heterocycles. The topological polar surface area (TPSA) is 76.6 Å². The maximum absolute atomic E-state index is 12.1. The molecule has 1 aromatic carbocycles. The summed E-state index contributed by atoms with van der Waals surface area (Å²) < 4.78 is 1.15. The molecule has 0 aliphatic carbocycles. The highest BCUT2D eigenvalue weighted by Gasteiger charge is 2.28. The second kappa shape index (κ2) is 7.22. The average molecular weight is 402 g/mol. The van der Waals surface area contributed by atoms with Crippen molar-refractivity contribution in [3.8, 4) is 0 Å². The third-order valence-electron chi connectivity index (χ3n) is 3.89. The van der Waals surface area contributed by atoms with Crippen LogP contribution in [0.2, 0.25) is 0 Å². The van der Waals surface area contributed by atoms with Gasteiger partial charge in [-0.05, 0) is 66.1 Å². The van der Waals surface area contributed by atoms with Gasteiger partial charge in [-0.25, -0.2) is 0 Å². The molecule has 1 saturated heterocycles. The molecule has 0 spiro atoms. The lowest BCUT2D eigenvalue weighted by molar-refractivity contribution is -0.899. The molecule has 2 atom stereocenters. The highest BCUT2D eigenvalue weighted by molar-refractivity contribution is 14.1. The monoisotopic (exact) mass is 402 g/mol. The number of quaternary nitrogens is 1. The number of likely N-dealkylation sites (tertiary alicyclic amines) is 1. The molecule has 1 heterocycles. The number of halogens is 1. The normalized spacial score (nSPS) is 21.8. The van der Waals surface area contributed by atoms with E-state index >= 15 is 0 Å². The van der Waals surface area contributed by atoms with Gasteiger partial charge in [-0.15, -0.1) is 0 Å². The molecule has 0 aromatic heterocycles. The first kappa shape index (κ1) is 16.2. The Hall–Kier alpha value is -1.15. The van der Waals surface area contributed by atoms with E-state index in [4.69, 9.17) is 5.73 Å². The Kier molecular flexibility index (Phi) is 5.58. The van der Waals surface area contributed by atoms with Crippen LogP contribution in [0.25, 0.3) is 0 Å². The first-order chi connectivity index (χ1) is 9.95. The van der Waals surface area contributed by atoms with Gasteiger partial charge < -0.3 is 16.0 Å². The molecule has 2 amide bonds. The second-order valence-corrected chi connectivity index (χ2v) is 6.88. The number of nitrogens with two attached hydrogens (primary N) is 1. The number of carbonyl (C=O) groups excluding carboxylic acids is 2. The quantitative estimate of drug-likeness (QED) is 0.635. The smallest absolute Gasteiger partial charge is 0.279 e. The molecule has 0 radical (unpaired) electrons. The Morgan fingerprint density at radius 2 is 2.24 bits per heavy atom. The number of piperidine rings is 1. The molecule has 1 aromatic rings. The number of rotatable bonds is 4. The first-order valence-corrected chi connectivity index (χ1v) is 8.22. The van der Waals surface area contributed by atoms with Gasteiger partial charge in [0.2, 0.25) is 5.91 Å². The predicted molar refractivity (Wildman–Crippen MR) is 90.0 cm³/mol. The number of hydrogen-bond acceptors (Lipinski definition) is 2. The van der Waals surface area contributed by atoms with Crippen molar-refractivity contribution in [1.82, 2.24) is 0 Å². The van der Waals surface area contributed by atoms with E-state index in [-0.39, 0.29) is 17.7 Å². The van der Waals surface area contributed by atoms with Crippen LogP contribution in [-0.2, 0) is 9.59 Å². The molecule has 21 heavy (non-hydrogen) atoms. The van der Waals surface area contributed by atoms with Crippen molar-refractivity contribution in [2.75, 3.05) is 25.0 Å². The van der Waals surface area contributed by atoms with E-state index in [9.17, 15) is 9.59 Å². The van der Waals surface area contributed by atoms with Crippen LogP contribution < -0.4 is 16.0 Å².